The van der Waals surface area contributed by atoms with Gasteiger partial charge in [0.2, 0.25) is 0 Å². The highest BCUT2D eigenvalue weighted by atomic mass is 16.5. The first kappa shape index (κ1) is 17.2. The van der Waals surface area contributed by atoms with E-state index in [-0.39, 0.29) is 5.60 Å². The van der Waals surface area contributed by atoms with E-state index in [4.69, 9.17) is 4.74 Å². The molecule has 1 saturated carbocycles. The summed E-state index contributed by atoms with van der Waals surface area (Å²) in [6.45, 7) is 9.18. The largest absolute Gasteiger partial charge is 0.487 e. The number of fused-ring (bicyclic) bond motifs is 1. The molecule has 0 amide bonds. The van der Waals surface area contributed by atoms with Gasteiger partial charge in [-0.25, -0.2) is 0 Å². The normalized spacial score (nSPS) is 26.8. The zero-order valence-electron chi connectivity index (χ0n) is 16.1. The molecule has 2 fully saturated rings. The van der Waals surface area contributed by atoms with Gasteiger partial charge in [-0.2, -0.15) is 0 Å². The number of hydrogen-bond acceptors (Lipinski definition) is 3. The molecule has 2 aliphatic heterocycles. The van der Waals surface area contributed by atoms with Crippen molar-refractivity contribution < 1.29 is 4.74 Å². The lowest BCUT2D eigenvalue weighted by atomic mass is 9.89. The number of hydrogen-bond donors (Lipinski definition) is 0. The summed E-state index contributed by atoms with van der Waals surface area (Å²) < 4.78 is 6.66. The molecule has 3 aliphatic rings. The van der Waals surface area contributed by atoms with Gasteiger partial charge in [0.1, 0.15) is 11.4 Å². The fourth-order valence-electron chi connectivity index (χ4n) is 4.92. The van der Waals surface area contributed by atoms with Gasteiger partial charge in [-0.1, -0.05) is 19.4 Å². The van der Waals surface area contributed by atoms with E-state index in [9.17, 15) is 0 Å². The van der Waals surface area contributed by atoms with Crippen molar-refractivity contribution in [2.45, 2.75) is 76.9 Å². The van der Waals surface area contributed by atoms with Crippen LogP contribution in [0.5, 0.6) is 5.75 Å². The fraction of sp³-hybridized carbons (Fsp3) is 0.727. The van der Waals surface area contributed by atoms with Gasteiger partial charge in [-0.05, 0) is 57.2 Å². The second kappa shape index (κ2) is 7.19. The van der Waals surface area contributed by atoms with E-state index in [0.717, 1.165) is 31.3 Å². The lowest BCUT2D eigenvalue weighted by molar-refractivity contribution is 0.0695. The molecular weight excluding hydrogens is 308 g/mol. The maximum atomic E-state index is 6.66. The second-order valence-electron chi connectivity index (χ2n) is 8.31. The Hall–Kier alpha value is -1.22. The predicted molar refractivity (Wildman–Crippen MR) is 105 cm³/mol. The molecule has 1 saturated heterocycles. The Balaban J connectivity index is 1.46. The molecule has 0 radical (unpaired) electrons. The van der Waals surface area contributed by atoms with Crippen molar-refractivity contribution in [3.8, 4) is 5.75 Å². The Morgan fingerprint density at radius 3 is 2.76 bits per heavy atom. The maximum Gasteiger partial charge on any atom is 0.125 e. The summed E-state index contributed by atoms with van der Waals surface area (Å²) in [5.74, 6) is 1.16. The van der Waals surface area contributed by atoms with Gasteiger partial charge in [-0.3, -0.25) is 0 Å². The Bertz CT molecular complexity index is 598. The lowest BCUT2D eigenvalue weighted by Crippen LogP contribution is -2.42. The molecule has 2 heterocycles. The maximum absolute atomic E-state index is 6.66. The molecule has 1 aromatic rings. The molecule has 3 nitrogen and oxygen atoms in total. The highest BCUT2D eigenvalue weighted by Gasteiger charge is 2.41. The first-order valence-corrected chi connectivity index (χ1v) is 10.5. The van der Waals surface area contributed by atoms with Crippen LogP contribution >= 0.6 is 0 Å². The molecule has 0 N–H and O–H groups in total. The highest BCUT2D eigenvalue weighted by Crippen LogP contribution is 2.43. The minimum atomic E-state index is 0.0707. The Morgan fingerprint density at radius 2 is 2.04 bits per heavy atom. The van der Waals surface area contributed by atoms with Gasteiger partial charge in [0.05, 0.1) is 0 Å². The average Bonchev–Trinajstić information content (AvgIpc) is 2.81. The minimum Gasteiger partial charge on any atom is -0.487 e. The molecule has 138 valence electrons. The van der Waals surface area contributed by atoms with E-state index in [1.807, 2.05) is 0 Å². The van der Waals surface area contributed by atoms with Crippen LogP contribution in [0.3, 0.4) is 0 Å². The van der Waals surface area contributed by atoms with Gasteiger partial charge in [0.15, 0.2) is 0 Å². The Kier molecular flexibility index (Phi) is 4.95. The molecule has 0 bridgehead atoms. The van der Waals surface area contributed by atoms with Crippen LogP contribution in [0.1, 0.15) is 64.4 Å². The van der Waals surface area contributed by atoms with Crippen molar-refractivity contribution in [3.05, 3.63) is 23.8 Å². The number of nitrogens with zero attached hydrogens (tertiary/aromatic N) is 2. The monoisotopic (exact) mass is 342 g/mol. The molecule has 3 heteroatoms. The average molecular weight is 343 g/mol. The number of likely N-dealkylation sites (tertiary alicyclic amines) is 1. The highest BCUT2D eigenvalue weighted by molar-refractivity contribution is 5.55. The quantitative estimate of drug-likeness (QED) is 0.775. The SMILES string of the molecule is CCCN(CC)c1ccc2c(c1)OC1(CCCN(C3CCC3)CC1)C2. The second-order valence-corrected chi connectivity index (χ2v) is 8.31. The predicted octanol–water partition coefficient (Wildman–Crippen LogP) is 4.64. The van der Waals surface area contributed by atoms with Crippen LogP contribution in [0, 0.1) is 0 Å². The van der Waals surface area contributed by atoms with Crippen molar-refractivity contribution in [1.29, 1.82) is 0 Å². The van der Waals surface area contributed by atoms with Crippen LogP contribution in [0.15, 0.2) is 18.2 Å². The number of rotatable bonds is 5. The Morgan fingerprint density at radius 1 is 1.16 bits per heavy atom. The topological polar surface area (TPSA) is 15.7 Å². The molecule has 1 aromatic carbocycles. The third kappa shape index (κ3) is 3.40. The third-order valence-electron chi connectivity index (χ3n) is 6.65. The van der Waals surface area contributed by atoms with Gasteiger partial charge in [-0.15, -0.1) is 0 Å². The van der Waals surface area contributed by atoms with Crippen LogP contribution < -0.4 is 9.64 Å². The van der Waals surface area contributed by atoms with E-state index in [1.165, 1.54) is 69.3 Å². The fourth-order valence-corrected chi connectivity index (χ4v) is 4.92. The molecule has 1 unspecified atom stereocenters. The van der Waals surface area contributed by atoms with Crippen molar-refractivity contribution in [1.82, 2.24) is 4.90 Å². The summed E-state index contributed by atoms with van der Waals surface area (Å²) in [5.41, 5.74) is 2.82. The van der Waals surface area contributed by atoms with Crippen molar-refractivity contribution in [2.75, 3.05) is 31.1 Å². The summed E-state index contributed by atoms with van der Waals surface area (Å²) in [6.07, 6.45) is 10.3. The van der Waals surface area contributed by atoms with Crippen molar-refractivity contribution >= 4 is 5.69 Å². The zero-order chi connectivity index (χ0) is 17.3. The summed E-state index contributed by atoms with van der Waals surface area (Å²) in [4.78, 5) is 5.20. The molecule has 1 spiro atoms. The lowest BCUT2D eigenvalue weighted by Gasteiger charge is -2.37. The number of ether oxygens (including phenoxy) is 1. The van der Waals surface area contributed by atoms with E-state index < -0.39 is 0 Å². The molecule has 1 aliphatic carbocycles. The molecule has 1 atom stereocenters. The van der Waals surface area contributed by atoms with E-state index in [0.29, 0.717) is 0 Å². The van der Waals surface area contributed by atoms with Gasteiger partial charge >= 0.3 is 0 Å². The van der Waals surface area contributed by atoms with Gasteiger partial charge in [0, 0.05) is 50.3 Å². The third-order valence-corrected chi connectivity index (χ3v) is 6.65. The van der Waals surface area contributed by atoms with Crippen molar-refractivity contribution in [2.24, 2.45) is 0 Å². The summed E-state index contributed by atoms with van der Waals surface area (Å²) in [6, 6.07) is 7.81. The molecule has 4 rings (SSSR count). The minimum absolute atomic E-state index is 0.0707. The zero-order valence-corrected chi connectivity index (χ0v) is 16.1. The molecule has 0 aromatic heterocycles. The smallest absolute Gasteiger partial charge is 0.125 e. The van der Waals surface area contributed by atoms with Crippen LogP contribution in [-0.4, -0.2) is 42.7 Å². The van der Waals surface area contributed by atoms with Crippen LogP contribution in [-0.2, 0) is 6.42 Å². The van der Waals surface area contributed by atoms with Crippen LogP contribution in [0.25, 0.3) is 0 Å². The van der Waals surface area contributed by atoms with E-state index in [2.05, 4.69) is 41.8 Å². The van der Waals surface area contributed by atoms with Gasteiger partial charge in [0.25, 0.3) is 0 Å². The summed E-state index contributed by atoms with van der Waals surface area (Å²) in [5, 5.41) is 0. The summed E-state index contributed by atoms with van der Waals surface area (Å²) in [7, 11) is 0. The number of anilines is 1. The van der Waals surface area contributed by atoms with Crippen LogP contribution in [0.2, 0.25) is 0 Å². The number of benzene rings is 1. The Labute approximate surface area is 153 Å². The molecule has 25 heavy (non-hydrogen) atoms. The van der Waals surface area contributed by atoms with Crippen LogP contribution in [0.4, 0.5) is 5.69 Å². The first-order valence-electron chi connectivity index (χ1n) is 10.5. The molecular formula is C22H34N2O. The van der Waals surface area contributed by atoms with Gasteiger partial charge < -0.3 is 14.5 Å². The summed E-state index contributed by atoms with van der Waals surface area (Å²) >= 11 is 0. The van der Waals surface area contributed by atoms with E-state index >= 15 is 0 Å². The van der Waals surface area contributed by atoms with E-state index in [1.54, 1.807) is 0 Å². The van der Waals surface area contributed by atoms with Crippen molar-refractivity contribution in [3.63, 3.8) is 0 Å². The standard InChI is InChI=1S/C22H34N2O/c1-3-13-23(4-2)20-10-9-18-17-22(25-21(18)16-20)11-6-14-24(15-12-22)19-7-5-8-19/h9-10,16,19H,3-8,11-15,17H2,1-2H3. The first-order chi connectivity index (χ1) is 12.2.